The predicted octanol–water partition coefficient (Wildman–Crippen LogP) is 4.67. The lowest BCUT2D eigenvalue weighted by atomic mass is 9.78. The summed E-state index contributed by atoms with van der Waals surface area (Å²) in [6.45, 7) is 2.92. The Bertz CT molecular complexity index is 1220. The highest BCUT2D eigenvalue weighted by Gasteiger charge is 2.46. The van der Waals surface area contributed by atoms with E-state index in [4.69, 9.17) is 5.10 Å². The van der Waals surface area contributed by atoms with Gasteiger partial charge in [-0.15, -0.1) is 0 Å². The lowest BCUT2D eigenvalue weighted by Crippen LogP contribution is -2.45. The number of piperidine rings is 1. The average Bonchev–Trinajstić information content (AvgIpc) is 3.77. The summed E-state index contributed by atoms with van der Waals surface area (Å²) in [5.74, 6) is 0.764. The number of nitrogens with one attached hydrogen (secondary N) is 2. The van der Waals surface area contributed by atoms with Crippen molar-refractivity contribution in [2.45, 2.75) is 82.1 Å². The topological polar surface area (TPSA) is 93.1 Å². The molecule has 3 saturated carbocycles. The number of ketones is 1. The first-order valence-corrected chi connectivity index (χ1v) is 13.8. The summed E-state index contributed by atoms with van der Waals surface area (Å²) in [5.41, 5.74) is 5.64. The summed E-state index contributed by atoms with van der Waals surface area (Å²) in [6, 6.07) is 6.58. The number of rotatable bonds is 7. The second kappa shape index (κ2) is 8.29. The Morgan fingerprint density at radius 2 is 1.81 bits per heavy atom. The summed E-state index contributed by atoms with van der Waals surface area (Å²) >= 11 is 0. The van der Waals surface area contributed by atoms with Gasteiger partial charge in [0.05, 0.1) is 11.7 Å². The Hall–Kier alpha value is -2.96. The van der Waals surface area contributed by atoms with E-state index in [0.717, 1.165) is 48.0 Å². The van der Waals surface area contributed by atoms with E-state index in [0.29, 0.717) is 24.8 Å². The lowest BCUT2D eigenvalue weighted by Gasteiger charge is -2.35. The van der Waals surface area contributed by atoms with Crippen molar-refractivity contribution in [3.63, 3.8) is 0 Å². The molecule has 7 nitrogen and oxygen atoms in total. The van der Waals surface area contributed by atoms with Gasteiger partial charge in [-0.3, -0.25) is 24.4 Å². The van der Waals surface area contributed by atoms with Crippen molar-refractivity contribution in [3.8, 4) is 0 Å². The molecule has 7 heteroatoms. The van der Waals surface area contributed by atoms with E-state index in [-0.39, 0.29) is 29.4 Å². The van der Waals surface area contributed by atoms with Crippen LogP contribution in [0.1, 0.15) is 109 Å². The third kappa shape index (κ3) is 3.78. The molecule has 0 bridgehead atoms. The number of amides is 2. The van der Waals surface area contributed by atoms with E-state index in [2.05, 4.69) is 27.6 Å². The van der Waals surface area contributed by atoms with Gasteiger partial charge in [-0.1, -0.05) is 13.0 Å². The van der Waals surface area contributed by atoms with Gasteiger partial charge in [0.2, 0.25) is 11.8 Å². The van der Waals surface area contributed by atoms with Crippen LogP contribution in [0.4, 0.5) is 5.69 Å². The van der Waals surface area contributed by atoms with E-state index in [1.807, 2.05) is 19.1 Å². The quantitative estimate of drug-likeness (QED) is 0.555. The van der Waals surface area contributed by atoms with Gasteiger partial charge < -0.3 is 5.32 Å². The van der Waals surface area contributed by atoms with Crippen LogP contribution in [0.5, 0.6) is 0 Å². The van der Waals surface area contributed by atoms with Crippen LogP contribution in [-0.2, 0) is 9.59 Å². The molecule has 1 aliphatic heterocycles. The first-order valence-electron chi connectivity index (χ1n) is 13.8. The normalized spacial score (nSPS) is 31.7. The van der Waals surface area contributed by atoms with Gasteiger partial charge in [-0.2, -0.15) is 5.10 Å². The molecule has 3 unspecified atom stereocenters. The molecule has 2 N–H and O–H groups in total. The maximum atomic E-state index is 13.3. The zero-order valence-corrected chi connectivity index (χ0v) is 20.8. The average molecular weight is 487 g/mol. The van der Waals surface area contributed by atoms with Crippen molar-refractivity contribution < 1.29 is 14.4 Å². The van der Waals surface area contributed by atoms with Crippen LogP contribution >= 0.6 is 0 Å². The number of aromatic nitrogens is 2. The molecule has 3 atom stereocenters. The number of carbonyl (C=O) groups is 3. The largest absolute Gasteiger partial charge is 0.385 e. The zero-order valence-electron chi connectivity index (χ0n) is 20.8. The van der Waals surface area contributed by atoms with E-state index in [1.54, 1.807) is 0 Å². The minimum absolute atomic E-state index is 0.0203. The molecule has 1 aromatic carbocycles. The van der Waals surface area contributed by atoms with Gasteiger partial charge in [0.1, 0.15) is 0 Å². The van der Waals surface area contributed by atoms with Crippen LogP contribution in [0.25, 0.3) is 0 Å². The van der Waals surface area contributed by atoms with E-state index in [9.17, 15) is 14.4 Å². The molecule has 1 aromatic heterocycles. The number of hydrogen-bond acceptors (Lipinski definition) is 5. The number of fused-ring (bicyclic) bond motifs is 1. The molecule has 0 radical (unpaired) electrons. The minimum Gasteiger partial charge on any atom is -0.385 e. The number of nitrogens with zero attached hydrogens (tertiary/aromatic N) is 2. The highest BCUT2D eigenvalue weighted by Crippen LogP contribution is 2.50. The fourth-order valence-corrected chi connectivity index (χ4v) is 6.80. The molecule has 2 aromatic rings. The number of Topliss-reactive ketones (excluding diaryl/α,β-unsaturated/α-hetero) is 1. The monoisotopic (exact) mass is 486 g/mol. The summed E-state index contributed by atoms with van der Waals surface area (Å²) in [6.07, 6.45) is 10.7. The van der Waals surface area contributed by atoms with E-state index >= 15 is 0 Å². The molecule has 4 aliphatic carbocycles. The van der Waals surface area contributed by atoms with Crippen molar-refractivity contribution in [1.82, 2.24) is 15.1 Å². The van der Waals surface area contributed by atoms with Gasteiger partial charge in [-0.05, 0) is 86.0 Å². The number of anilines is 1. The highest BCUT2D eigenvalue weighted by molar-refractivity contribution is 6.08. The Kier molecular flexibility index (Phi) is 5.12. The van der Waals surface area contributed by atoms with Crippen LogP contribution in [0.2, 0.25) is 0 Å². The summed E-state index contributed by atoms with van der Waals surface area (Å²) in [4.78, 5) is 37.3. The van der Waals surface area contributed by atoms with E-state index in [1.165, 1.54) is 36.9 Å². The van der Waals surface area contributed by atoms with Gasteiger partial charge in [0, 0.05) is 48.2 Å². The van der Waals surface area contributed by atoms with Gasteiger partial charge in [0.25, 0.3) is 0 Å². The third-order valence-electron chi connectivity index (χ3n) is 9.32. The molecular formula is C29H34N4O3. The molecule has 4 fully saturated rings. The molecule has 188 valence electrons. The standard InChI is InChI=1S/C29H34N4O3/c1-15-21-7-6-19(12-23(21)28(35)26(15)22-8-9-25(34)31-29(22)36)30-13-16-10-20(11-16)33-14-24(17-2-3-17)27(32-33)18-4-5-18/h6-7,12,14-18,20,22,26,30H,2-5,8-11,13H2,1H3,(H,31,34,36)/t15?,16-,20-,22?,26?. The van der Waals surface area contributed by atoms with Crippen molar-refractivity contribution in [1.29, 1.82) is 0 Å². The second-order valence-corrected chi connectivity index (χ2v) is 11.9. The lowest BCUT2D eigenvalue weighted by molar-refractivity contribution is -0.137. The number of imide groups is 1. The van der Waals surface area contributed by atoms with Crippen molar-refractivity contribution >= 4 is 23.3 Å². The predicted molar refractivity (Wildman–Crippen MR) is 135 cm³/mol. The number of hydrogen-bond donors (Lipinski definition) is 2. The third-order valence-corrected chi connectivity index (χ3v) is 9.32. The Morgan fingerprint density at radius 3 is 2.53 bits per heavy atom. The molecule has 2 amide bonds. The summed E-state index contributed by atoms with van der Waals surface area (Å²) in [5, 5.41) is 11.0. The maximum absolute atomic E-state index is 13.3. The van der Waals surface area contributed by atoms with E-state index < -0.39 is 5.92 Å². The second-order valence-electron chi connectivity index (χ2n) is 11.9. The van der Waals surface area contributed by atoms with Crippen molar-refractivity contribution in [2.24, 2.45) is 17.8 Å². The smallest absolute Gasteiger partial charge is 0.230 e. The Morgan fingerprint density at radius 1 is 1.03 bits per heavy atom. The van der Waals surface area contributed by atoms with Crippen LogP contribution < -0.4 is 10.6 Å². The van der Waals surface area contributed by atoms with Gasteiger partial charge in [0.15, 0.2) is 5.78 Å². The molecule has 5 aliphatic rings. The Labute approximate surface area is 211 Å². The molecular weight excluding hydrogens is 452 g/mol. The number of benzene rings is 1. The van der Waals surface area contributed by atoms with Crippen molar-refractivity contribution in [3.05, 3.63) is 46.8 Å². The molecule has 2 heterocycles. The molecule has 0 spiro atoms. The van der Waals surface area contributed by atoms with Crippen molar-refractivity contribution in [2.75, 3.05) is 11.9 Å². The SMILES string of the molecule is CC1c2ccc(NC[C@H]3C[C@H](n4cc(C5CC5)c(C5CC5)n4)C3)cc2C(=O)C1C1CCC(=O)NC1=O. The molecule has 1 saturated heterocycles. The fraction of sp³-hybridized carbons (Fsp3) is 0.586. The first kappa shape index (κ1) is 22.3. The van der Waals surface area contributed by atoms with Crippen LogP contribution in [0.3, 0.4) is 0 Å². The Balaban J connectivity index is 0.974. The zero-order chi connectivity index (χ0) is 24.6. The molecule has 7 rings (SSSR count). The van der Waals surface area contributed by atoms with Crippen LogP contribution in [-0.4, -0.2) is 33.9 Å². The summed E-state index contributed by atoms with van der Waals surface area (Å²) < 4.78 is 2.27. The van der Waals surface area contributed by atoms with Gasteiger partial charge in [-0.25, -0.2) is 0 Å². The number of carbonyl (C=O) groups excluding carboxylic acids is 3. The minimum atomic E-state index is -0.427. The maximum Gasteiger partial charge on any atom is 0.230 e. The highest BCUT2D eigenvalue weighted by atomic mass is 16.2. The fourth-order valence-electron chi connectivity index (χ4n) is 6.80. The van der Waals surface area contributed by atoms with Crippen LogP contribution in [0, 0.1) is 17.8 Å². The van der Waals surface area contributed by atoms with Crippen LogP contribution in [0.15, 0.2) is 24.4 Å². The summed E-state index contributed by atoms with van der Waals surface area (Å²) in [7, 11) is 0. The molecule has 36 heavy (non-hydrogen) atoms. The first-order chi connectivity index (χ1) is 17.5. The van der Waals surface area contributed by atoms with Gasteiger partial charge >= 0.3 is 0 Å².